The Morgan fingerprint density at radius 3 is 2.88 bits per heavy atom. The van der Waals surface area contributed by atoms with Crippen LogP contribution in [-0.4, -0.2) is 42.4 Å². The fourth-order valence-corrected chi connectivity index (χ4v) is 1.73. The number of urea groups is 1. The van der Waals surface area contributed by atoms with Crippen LogP contribution in [0.4, 0.5) is 4.79 Å². The predicted molar refractivity (Wildman–Crippen MR) is 61.8 cm³/mol. The second-order valence-electron chi connectivity index (χ2n) is 4.37. The van der Waals surface area contributed by atoms with Crippen LogP contribution in [0.1, 0.15) is 32.6 Å². The molecule has 1 aliphatic rings. The van der Waals surface area contributed by atoms with Crippen LogP contribution in [0.2, 0.25) is 0 Å². The molecule has 2 amide bonds. The van der Waals surface area contributed by atoms with Crippen LogP contribution in [-0.2, 0) is 9.53 Å². The first-order valence-electron chi connectivity index (χ1n) is 5.94. The zero-order valence-electron chi connectivity index (χ0n) is 10.1. The van der Waals surface area contributed by atoms with Crippen molar-refractivity contribution in [3.8, 4) is 0 Å². The molecule has 0 aromatic rings. The van der Waals surface area contributed by atoms with E-state index in [2.05, 4.69) is 10.6 Å². The molecular weight excluding hydrogens is 224 g/mol. The standard InChI is InChI=1S/C11H20N2O4/c1-8(3-2-4-10(14)15)12-11(16)13-9-5-6-17-7-9/h8-9H,2-7H2,1H3,(H,14,15)(H2,12,13,16). The summed E-state index contributed by atoms with van der Waals surface area (Å²) in [5.41, 5.74) is 0. The first kappa shape index (κ1) is 13.8. The summed E-state index contributed by atoms with van der Waals surface area (Å²) >= 11 is 0. The van der Waals surface area contributed by atoms with Gasteiger partial charge >= 0.3 is 12.0 Å². The lowest BCUT2D eigenvalue weighted by Crippen LogP contribution is -2.45. The number of amides is 2. The molecule has 1 aliphatic heterocycles. The number of carbonyl (C=O) groups excluding carboxylic acids is 1. The van der Waals surface area contributed by atoms with E-state index >= 15 is 0 Å². The highest BCUT2D eigenvalue weighted by Gasteiger charge is 2.18. The summed E-state index contributed by atoms with van der Waals surface area (Å²) in [6.45, 7) is 3.13. The summed E-state index contributed by atoms with van der Waals surface area (Å²) in [6, 6.07) is -0.124. The van der Waals surface area contributed by atoms with Gasteiger partial charge in [-0.1, -0.05) is 0 Å². The van der Waals surface area contributed by atoms with Gasteiger partial charge in [-0.2, -0.15) is 0 Å². The van der Waals surface area contributed by atoms with E-state index in [0.717, 1.165) is 6.42 Å². The van der Waals surface area contributed by atoms with Gasteiger partial charge in [0.1, 0.15) is 0 Å². The second-order valence-corrected chi connectivity index (χ2v) is 4.37. The van der Waals surface area contributed by atoms with Gasteiger partial charge in [0.2, 0.25) is 0 Å². The number of hydrogen-bond acceptors (Lipinski definition) is 3. The third-order valence-electron chi connectivity index (χ3n) is 2.67. The molecule has 17 heavy (non-hydrogen) atoms. The Kier molecular flexibility index (Phi) is 5.76. The molecule has 1 heterocycles. The Hall–Kier alpha value is -1.30. The van der Waals surface area contributed by atoms with Crippen molar-refractivity contribution in [2.24, 2.45) is 0 Å². The monoisotopic (exact) mass is 244 g/mol. The third-order valence-corrected chi connectivity index (χ3v) is 2.67. The molecule has 0 aliphatic carbocycles. The SMILES string of the molecule is CC(CCCC(=O)O)NC(=O)NC1CCOC1. The van der Waals surface area contributed by atoms with Gasteiger partial charge in [0, 0.05) is 19.1 Å². The zero-order valence-corrected chi connectivity index (χ0v) is 10.1. The average molecular weight is 244 g/mol. The van der Waals surface area contributed by atoms with Crippen molar-refractivity contribution in [1.82, 2.24) is 10.6 Å². The van der Waals surface area contributed by atoms with Crippen LogP contribution in [0.5, 0.6) is 0 Å². The van der Waals surface area contributed by atoms with Crippen LogP contribution >= 0.6 is 0 Å². The van der Waals surface area contributed by atoms with E-state index in [9.17, 15) is 9.59 Å². The first-order valence-corrected chi connectivity index (χ1v) is 5.94. The topological polar surface area (TPSA) is 87.7 Å². The lowest BCUT2D eigenvalue weighted by atomic mass is 10.1. The molecule has 3 N–H and O–H groups in total. The Bertz CT molecular complexity index is 264. The van der Waals surface area contributed by atoms with E-state index in [-0.39, 0.29) is 24.5 Å². The second kappa shape index (κ2) is 7.11. The summed E-state index contributed by atoms with van der Waals surface area (Å²) in [5.74, 6) is -0.801. The highest BCUT2D eigenvalue weighted by Crippen LogP contribution is 2.04. The van der Waals surface area contributed by atoms with Gasteiger partial charge in [-0.05, 0) is 26.2 Å². The van der Waals surface area contributed by atoms with Gasteiger partial charge in [0.05, 0.1) is 12.6 Å². The summed E-state index contributed by atoms with van der Waals surface area (Å²) in [7, 11) is 0. The van der Waals surface area contributed by atoms with Crippen LogP contribution in [0, 0.1) is 0 Å². The molecule has 1 fully saturated rings. The molecule has 2 unspecified atom stereocenters. The van der Waals surface area contributed by atoms with Gasteiger partial charge in [0.15, 0.2) is 0 Å². The van der Waals surface area contributed by atoms with Crippen molar-refractivity contribution in [2.45, 2.75) is 44.7 Å². The number of rotatable bonds is 6. The normalized spacial score (nSPS) is 20.9. The van der Waals surface area contributed by atoms with Crippen LogP contribution < -0.4 is 10.6 Å². The quantitative estimate of drug-likeness (QED) is 0.642. The van der Waals surface area contributed by atoms with Gasteiger partial charge in [-0.3, -0.25) is 4.79 Å². The number of carboxylic acid groups (broad SMARTS) is 1. The van der Waals surface area contributed by atoms with Gasteiger partial charge in [0.25, 0.3) is 0 Å². The van der Waals surface area contributed by atoms with Gasteiger partial charge < -0.3 is 20.5 Å². The van der Waals surface area contributed by atoms with E-state index in [1.807, 2.05) is 6.92 Å². The highest BCUT2D eigenvalue weighted by atomic mass is 16.5. The molecule has 0 radical (unpaired) electrons. The smallest absolute Gasteiger partial charge is 0.315 e. The number of carboxylic acids is 1. The number of carbonyl (C=O) groups is 2. The van der Waals surface area contributed by atoms with E-state index in [0.29, 0.717) is 26.1 Å². The molecular formula is C11H20N2O4. The Morgan fingerprint density at radius 1 is 1.53 bits per heavy atom. The van der Waals surface area contributed by atoms with Crippen LogP contribution in [0.15, 0.2) is 0 Å². The molecule has 2 atom stereocenters. The number of nitrogens with one attached hydrogen (secondary N) is 2. The van der Waals surface area contributed by atoms with Crippen LogP contribution in [0.25, 0.3) is 0 Å². The van der Waals surface area contributed by atoms with Crippen molar-refractivity contribution in [1.29, 1.82) is 0 Å². The number of hydrogen-bond donors (Lipinski definition) is 3. The maximum absolute atomic E-state index is 11.5. The summed E-state index contributed by atoms with van der Waals surface area (Å²) in [5, 5.41) is 14.1. The van der Waals surface area contributed by atoms with Gasteiger partial charge in [-0.15, -0.1) is 0 Å². The molecule has 98 valence electrons. The van der Waals surface area contributed by atoms with Crippen molar-refractivity contribution < 1.29 is 19.4 Å². The highest BCUT2D eigenvalue weighted by molar-refractivity contribution is 5.74. The number of ether oxygens (including phenoxy) is 1. The molecule has 0 bridgehead atoms. The average Bonchev–Trinajstić information content (AvgIpc) is 2.69. The molecule has 1 rings (SSSR count). The summed E-state index contributed by atoms with van der Waals surface area (Å²) in [6.07, 6.45) is 2.23. The van der Waals surface area contributed by atoms with Crippen molar-refractivity contribution >= 4 is 12.0 Å². The summed E-state index contributed by atoms with van der Waals surface area (Å²) in [4.78, 5) is 21.8. The minimum atomic E-state index is -0.801. The van der Waals surface area contributed by atoms with Crippen LogP contribution in [0.3, 0.4) is 0 Å². The zero-order chi connectivity index (χ0) is 12.7. The van der Waals surface area contributed by atoms with Crippen molar-refractivity contribution in [3.05, 3.63) is 0 Å². The fourth-order valence-electron chi connectivity index (χ4n) is 1.73. The van der Waals surface area contributed by atoms with Crippen molar-refractivity contribution in [3.63, 3.8) is 0 Å². The first-order chi connectivity index (χ1) is 8.08. The molecule has 1 saturated heterocycles. The predicted octanol–water partition coefficient (Wildman–Crippen LogP) is 0.718. The Balaban J connectivity index is 2.09. The van der Waals surface area contributed by atoms with E-state index in [1.165, 1.54) is 0 Å². The molecule has 0 aromatic carbocycles. The molecule has 0 saturated carbocycles. The Morgan fingerprint density at radius 2 is 2.29 bits per heavy atom. The van der Waals surface area contributed by atoms with Gasteiger partial charge in [-0.25, -0.2) is 4.79 Å². The van der Waals surface area contributed by atoms with E-state index < -0.39 is 5.97 Å². The fraction of sp³-hybridized carbons (Fsp3) is 0.818. The summed E-state index contributed by atoms with van der Waals surface area (Å²) < 4.78 is 5.15. The molecule has 0 aromatic heterocycles. The maximum Gasteiger partial charge on any atom is 0.315 e. The Labute approximate surface area is 101 Å². The van der Waals surface area contributed by atoms with Crippen molar-refractivity contribution in [2.75, 3.05) is 13.2 Å². The lowest BCUT2D eigenvalue weighted by Gasteiger charge is -2.16. The minimum absolute atomic E-state index is 0.0170. The third kappa shape index (κ3) is 6.11. The largest absolute Gasteiger partial charge is 0.481 e. The molecule has 0 spiro atoms. The molecule has 6 nitrogen and oxygen atoms in total. The lowest BCUT2D eigenvalue weighted by molar-refractivity contribution is -0.137. The van der Waals surface area contributed by atoms with E-state index in [1.54, 1.807) is 0 Å². The minimum Gasteiger partial charge on any atom is -0.481 e. The maximum atomic E-state index is 11.5. The van der Waals surface area contributed by atoms with E-state index in [4.69, 9.17) is 9.84 Å². The number of aliphatic carboxylic acids is 1. The molecule has 6 heteroatoms.